The van der Waals surface area contributed by atoms with Gasteiger partial charge < -0.3 is 15.8 Å². The summed E-state index contributed by atoms with van der Waals surface area (Å²) in [6.45, 7) is 6.47. The number of ether oxygens (including phenoxy) is 1. The minimum absolute atomic E-state index is 0.280. The second-order valence-corrected chi connectivity index (χ2v) is 10.5. The van der Waals surface area contributed by atoms with Gasteiger partial charge in [-0.3, -0.25) is 14.2 Å². The number of aromatic nitrogens is 2. The number of nitrogens with one attached hydrogen (secondary N) is 1. The molecule has 0 atom stereocenters. The molecule has 0 bridgehead atoms. The number of methoxy groups -OCH3 is 1. The molecule has 9 heteroatoms. The van der Waals surface area contributed by atoms with Gasteiger partial charge in [0, 0.05) is 35.1 Å². The second-order valence-electron chi connectivity index (χ2n) is 9.16. The van der Waals surface area contributed by atoms with E-state index >= 15 is 0 Å². The lowest BCUT2D eigenvalue weighted by Gasteiger charge is -2.20. The van der Waals surface area contributed by atoms with Crippen LogP contribution in [0.15, 0.2) is 64.3 Å². The highest BCUT2D eigenvalue weighted by Crippen LogP contribution is 2.31. The van der Waals surface area contributed by atoms with Crippen molar-refractivity contribution < 1.29 is 9.53 Å². The van der Waals surface area contributed by atoms with Gasteiger partial charge in [-0.2, -0.15) is 0 Å². The summed E-state index contributed by atoms with van der Waals surface area (Å²) in [5.74, 6) is 0.287. The van der Waals surface area contributed by atoms with Gasteiger partial charge in [-0.25, -0.2) is 4.98 Å². The van der Waals surface area contributed by atoms with Crippen molar-refractivity contribution >= 4 is 34.9 Å². The summed E-state index contributed by atoms with van der Waals surface area (Å²) >= 11 is 7.40. The van der Waals surface area contributed by atoms with Gasteiger partial charge in [-0.05, 0) is 56.2 Å². The summed E-state index contributed by atoms with van der Waals surface area (Å²) in [6.07, 6.45) is 2.53. The molecule has 4 aromatic rings. The van der Waals surface area contributed by atoms with Gasteiger partial charge in [0.1, 0.15) is 10.8 Å². The molecule has 39 heavy (non-hydrogen) atoms. The lowest BCUT2D eigenvalue weighted by atomic mass is 10.0. The van der Waals surface area contributed by atoms with E-state index in [-0.39, 0.29) is 11.5 Å². The average molecular weight is 563 g/mol. The maximum atomic E-state index is 14.3. The fraction of sp³-hybridized carbons (Fsp3) is 0.233. The number of amides is 1. The van der Waals surface area contributed by atoms with Crippen molar-refractivity contribution in [2.24, 2.45) is 5.73 Å². The maximum Gasteiger partial charge on any atom is 0.265 e. The third-order valence-electron chi connectivity index (χ3n) is 6.13. The number of carbonyl (C=O) groups is 1. The van der Waals surface area contributed by atoms with Gasteiger partial charge >= 0.3 is 0 Å². The smallest absolute Gasteiger partial charge is 0.265 e. The first-order chi connectivity index (χ1) is 18.8. The maximum absolute atomic E-state index is 14.3. The number of allylic oxidation sites excluding steroid dienone is 1. The minimum Gasteiger partial charge on any atom is -0.497 e. The first-order valence-electron chi connectivity index (χ1n) is 12.6. The molecular weight excluding hydrogens is 532 g/mol. The minimum atomic E-state index is -0.321. The molecule has 0 saturated heterocycles. The predicted molar refractivity (Wildman–Crippen MR) is 160 cm³/mol. The Bertz CT molecular complexity index is 1580. The second kappa shape index (κ2) is 12.4. The Kier molecular flexibility index (Phi) is 9.01. The van der Waals surface area contributed by atoms with Gasteiger partial charge in [-0.15, -0.1) is 11.3 Å². The molecule has 4 rings (SSSR count). The van der Waals surface area contributed by atoms with Crippen LogP contribution >= 0.6 is 22.9 Å². The van der Waals surface area contributed by atoms with E-state index in [0.29, 0.717) is 57.8 Å². The molecule has 0 radical (unpaired) electrons. The molecule has 0 aliphatic heterocycles. The first kappa shape index (κ1) is 28.3. The van der Waals surface area contributed by atoms with Gasteiger partial charge in [0.05, 0.1) is 35.3 Å². The van der Waals surface area contributed by atoms with Gasteiger partial charge in [0.25, 0.3) is 11.5 Å². The van der Waals surface area contributed by atoms with E-state index in [1.807, 2.05) is 62.6 Å². The third kappa shape index (κ3) is 6.14. The summed E-state index contributed by atoms with van der Waals surface area (Å²) < 4.78 is 7.10. The fourth-order valence-corrected chi connectivity index (χ4v) is 5.19. The zero-order chi connectivity index (χ0) is 28.1. The molecule has 0 aliphatic rings. The normalized spacial score (nSPS) is 10.8. The molecule has 0 fully saturated rings. The molecule has 3 N–H and O–H groups in total. The van der Waals surface area contributed by atoms with Crippen LogP contribution in [-0.4, -0.2) is 35.7 Å². The molecular formula is C30H31ClN4O3S. The SMILES string of the molecule is CCc1ccc(OC)cc1-n1c(C=C(C)C)c(C(=O)NCCN)cc(-c2nc(-c3ccc(Cl)cc3)cs2)c1=O. The number of halogens is 1. The number of benzene rings is 2. The lowest BCUT2D eigenvalue weighted by Crippen LogP contribution is -2.33. The lowest BCUT2D eigenvalue weighted by molar-refractivity contribution is 0.0954. The zero-order valence-corrected chi connectivity index (χ0v) is 23.9. The van der Waals surface area contributed by atoms with E-state index in [1.165, 1.54) is 11.3 Å². The fourth-order valence-electron chi connectivity index (χ4n) is 4.23. The van der Waals surface area contributed by atoms with E-state index < -0.39 is 0 Å². The highest BCUT2D eigenvalue weighted by molar-refractivity contribution is 7.13. The molecule has 0 spiro atoms. The largest absolute Gasteiger partial charge is 0.497 e. The molecule has 2 aromatic carbocycles. The van der Waals surface area contributed by atoms with Crippen LogP contribution in [0.2, 0.25) is 5.02 Å². The van der Waals surface area contributed by atoms with Crippen molar-refractivity contribution in [2.45, 2.75) is 27.2 Å². The van der Waals surface area contributed by atoms with E-state index in [4.69, 9.17) is 27.1 Å². The van der Waals surface area contributed by atoms with Crippen molar-refractivity contribution in [3.05, 3.63) is 91.7 Å². The Morgan fingerprint density at radius 3 is 2.56 bits per heavy atom. The molecule has 0 saturated carbocycles. The quantitative estimate of drug-likeness (QED) is 0.262. The number of hydrogen-bond acceptors (Lipinski definition) is 6. The number of aryl methyl sites for hydroxylation is 1. The van der Waals surface area contributed by atoms with Crippen LogP contribution in [0.4, 0.5) is 0 Å². The standard InChI is InChI=1S/C30H31ClN4O3S/c1-5-19-8-11-22(38-4)15-26(19)35-27(14-18(2)3)23(28(36)33-13-12-32)16-24(30(35)37)29-34-25(17-39-29)20-6-9-21(31)10-7-20/h6-11,14-17H,5,12-13,32H2,1-4H3,(H,33,36). The number of carbonyl (C=O) groups excluding carboxylic acids is 1. The van der Waals surface area contributed by atoms with Crippen molar-refractivity contribution in [1.29, 1.82) is 0 Å². The Balaban J connectivity index is 2.04. The van der Waals surface area contributed by atoms with Crippen molar-refractivity contribution in [3.8, 4) is 33.3 Å². The van der Waals surface area contributed by atoms with Crippen molar-refractivity contribution in [3.63, 3.8) is 0 Å². The van der Waals surface area contributed by atoms with Crippen LogP contribution in [0.3, 0.4) is 0 Å². The summed E-state index contributed by atoms with van der Waals surface area (Å²) in [5, 5.41) is 5.90. The number of thiazole rings is 1. The Morgan fingerprint density at radius 2 is 1.92 bits per heavy atom. The third-order valence-corrected chi connectivity index (χ3v) is 7.26. The molecule has 0 unspecified atom stereocenters. The van der Waals surface area contributed by atoms with Crippen LogP contribution in [0.25, 0.3) is 33.6 Å². The van der Waals surface area contributed by atoms with E-state index in [1.54, 1.807) is 29.9 Å². The van der Waals surface area contributed by atoms with Crippen molar-refractivity contribution in [2.75, 3.05) is 20.2 Å². The summed E-state index contributed by atoms with van der Waals surface area (Å²) in [6, 6.07) is 14.6. The Labute approximate surface area is 236 Å². The van der Waals surface area contributed by atoms with Crippen LogP contribution in [0.1, 0.15) is 42.4 Å². The number of rotatable bonds is 9. The molecule has 202 valence electrons. The van der Waals surface area contributed by atoms with Crippen LogP contribution in [-0.2, 0) is 6.42 Å². The van der Waals surface area contributed by atoms with Crippen molar-refractivity contribution in [1.82, 2.24) is 14.9 Å². The number of nitrogens with two attached hydrogens (primary N) is 1. The average Bonchev–Trinajstić information content (AvgIpc) is 3.41. The number of pyridine rings is 1. The highest BCUT2D eigenvalue weighted by Gasteiger charge is 2.23. The highest BCUT2D eigenvalue weighted by atomic mass is 35.5. The van der Waals surface area contributed by atoms with Gasteiger partial charge in [0.2, 0.25) is 0 Å². The molecule has 7 nitrogen and oxygen atoms in total. The summed E-state index contributed by atoms with van der Waals surface area (Å²) in [7, 11) is 1.58. The topological polar surface area (TPSA) is 99.2 Å². The predicted octanol–water partition coefficient (Wildman–Crippen LogP) is 5.96. The summed E-state index contributed by atoms with van der Waals surface area (Å²) in [4.78, 5) is 32.5. The zero-order valence-electron chi connectivity index (χ0n) is 22.4. The van der Waals surface area contributed by atoms with Crippen LogP contribution in [0.5, 0.6) is 5.75 Å². The van der Waals surface area contributed by atoms with Crippen LogP contribution in [0, 0.1) is 0 Å². The Hall–Kier alpha value is -3.72. The monoisotopic (exact) mass is 562 g/mol. The Morgan fingerprint density at radius 1 is 1.18 bits per heavy atom. The van der Waals surface area contributed by atoms with E-state index in [2.05, 4.69) is 5.32 Å². The van der Waals surface area contributed by atoms with E-state index in [9.17, 15) is 9.59 Å². The van der Waals surface area contributed by atoms with E-state index in [0.717, 1.165) is 22.4 Å². The molecule has 0 aliphatic carbocycles. The molecule has 2 aromatic heterocycles. The first-order valence-corrected chi connectivity index (χ1v) is 13.9. The molecule has 1 amide bonds. The number of nitrogens with zero attached hydrogens (tertiary/aromatic N) is 2. The van der Waals surface area contributed by atoms with Gasteiger partial charge in [0.15, 0.2) is 0 Å². The van der Waals surface area contributed by atoms with Crippen LogP contribution < -0.4 is 21.3 Å². The summed E-state index contributed by atoms with van der Waals surface area (Å²) in [5.41, 5.74) is 10.7. The number of hydrogen-bond donors (Lipinski definition) is 2. The van der Waals surface area contributed by atoms with Gasteiger partial charge in [-0.1, -0.05) is 42.3 Å². The molecule has 2 heterocycles.